The van der Waals surface area contributed by atoms with Gasteiger partial charge in [-0.15, -0.1) is 0 Å². The van der Waals surface area contributed by atoms with Gasteiger partial charge >= 0.3 is 0 Å². The second kappa shape index (κ2) is 6.26. The van der Waals surface area contributed by atoms with Crippen LogP contribution < -0.4 is 0 Å². The third kappa shape index (κ3) is 6.07. The maximum Gasteiger partial charge on any atom is -0.0302 e. The highest BCUT2D eigenvalue weighted by atomic mass is 14.3. The van der Waals surface area contributed by atoms with E-state index in [1.54, 1.807) is 0 Å². The molecule has 0 aromatic rings. The number of rotatable bonds is 3. The van der Waals surface area contributed by atoms with Gasteiger partial charge in [0.2, 0.25) is 0 Å². The predicted octanol–water partition coefficient (Wildman–Crippen LogP) is 6.22. The van der Waals surface area contributed by atoms with E-state index >= 15 is 0 Å². The lowest BCUT2D eigenvalue weighted by molar-refractivity contribution is 0.151. The molecule has 1 fully saturated rings. The van der Waals surface area contributed by atoms with Crippen LogP contribution in [-0.4, -0.2) is 0 Å². The number of hydrogen-bond donors (Lipinski definition) is 0. The molecular formula is C18H34. The summed E-state index contributed by atoms with van der Waals surface area (Å²) in [6.07, 6.45) is 13.1. The van der Waals surface area contributed by atoms with Crippen LogP contribution in [0.25, 0.3) is 0 Å². The standard InChI is InChI=1S/C18H34/c1-17(2,3)14-8-7-9-15-10-12-16(13-11-15)18(4,5)6/h7-8,15-16H,9-14H2,1-6H3/b8-7-. The molecule has 18 heavy (non-hydrogen) atoms. The van der Waals surface area contributed by atoms with E-state index in [4.69, 9.17) is 0 Å². The van der Waals surface area contributed by atoms with Crippen molar-refractivity contribution in [3.05, 3.63) is 12.2 Å². The molecule has 0 aliphatic heterocycles. The molecule has 0 radical (unpaired) electrons. The minimum absolute atomic E-state index is 0.445. The molecule has 0 amide bonds. The summed E-state index contributed by atoms with van der Waals surface area (Å²) in [5.41, 5.74) is 0.966. The molecule has 1 rings (SSSR count). The molecule has 0 unspecified atom stereocenters. The minimum atomic E-state index is 0.445. The van der Waals surface area contributed by atoms with E-state index < -0.39 is 0 Å². The Bertz CT molecular complexity index is 251. The first-order valence-electron chi connectivity index (χ1n) is 7.83. The van der Waals surface area contributed by atoms with E-state index in [0.717, 1.165) is 11.8 Å². The molecule has 0 spiro atoms. The third-order valence-corrected chi connectivity index (χ3v) is 4.44. The van der Waals surface area contributed by atoms with Crippen LogP contribution in [-0.2, 0) is 0 Å². The Balaban J connectivity index is 2.24. The highest BCUT2D eigenvalue weighted by Crippen LogP contribution is 2.40. The Labute approximate surface area is 115 Å². The minimum Gasteiger partial charge on any atom is -0.0882 e. The van der Waals surface area contributed by atoms with Crippen LogP contribution in [0.4, 0.5) is 0 Å². The Kier molecular flexibility index (Phi) is 5.49. The first kappa shape index (κ1) is 15.8. The molecule has 0 heterocycles. The lowest BCUT2D eigenvalue weighted by Crippen LogP contribution is -2.25. The smallest absolute Gasteiger partial charge is 0.0302 e. The zero-order valence-corrected chi connectivity index (χ0v) is 13.6. The molecule has 1 aliphatic rings. The summed E-state index contributed by atoms with van der Waals surface area (Å²) in [6.45, 7) is 14.1. The summed E-state index contributed by atoms with van der Waals surface area (Å²) >= 11 is 0. The van der Waals surface area contributed by atoms with Crippen LogP contribution in [0, 0.1) is 22.7 Å². The maximum absolute atomic E-state index is 2.44. The molecule has 0 aromatic heterocycles. The normalized spacial score (nSPS) is 26.8. The van der Waals surface area contributed by atoms with Gasteiger partial charge < -0.3 is 0 Å². The van der Waals surface area contributed by atoms with Crippen molar-refractivity contribution in [3.63, 3.8) is 0 Å². The molecule has 106 valence electrons. The van der Waals surface area contributed by atoms with Gasteiger partial charge in [-0.2, -0.15) is 0 Å². The Hall–Kier alpha value is -0.260. The molecule has 0 nitrogen and oxygen atoms in total. The fraction of sp³-hybridized carbons (Fsp3) is 0.889. The van der Waals surface area contributed by atoms with E-state index in [2.05, 4.69) is 53.7 Å². The monoisotopic (exact) mass is 250 g/mol. The quantitative estimate of drug-likeness (QED) is 0.521. The van der Waals surface area contributed by atoms with Gasteiger partial charge in [0.25, 0.3) is 0 Å². The molecule has 0 bridgehead atoms. The first-order valence-corrected chi connectivity index (χ1v) is 7.83. The third-order valence-electron chi connectivity index (χ3n) is 4.44. The van der Waals surface area contributed by atoms with Crippen LogP contribution in [0.5, 0.6) is 0 Å². The van der Waals surface area contributed by atoms with Crippen molar-refractivity contribution in [1.82, 2.24) is 0 Å². The summed E-state index contributed by atoms with van der Waals surface area (Å²) < 4.78 is 0. The molecule has 1 aliphatic carbocycles. The van der Waals surface area contributed by atoms with Crippen molar-refractivity contribution in [2.75, 3.05) is 0 Å². The number of hydrogen-bond acceptors (Lipinski definition) is 0. The Morgan fingerprint density at radius 2 is 1.39 bits per heavy atom. The Morgan fingerprint density at radius 1 is 0.833 bits per heavy atom. The molecule has 0 atom stereocenters. The lowest BCUT2D eigenvalue weighted by Gasteiger charge is -2.36. The maximum atomic E-state index is 2.44. The van der Waals surface area contributed by atoms with Gasteiger partial charge in [0.15, 0.2) is 0 Å². The van der Waals surface area contributed by atoms with Crippen molar-refractivity contribution in [2.24, 2.45) is 22.7 Å². The fourth-order valence-corrected chi connectivity index (χ4v) is 2.99. The van der Waals surface area contributed by atoms with E-state index in [-0.39, 0.29) is 0 Å². The average molecular weight is 250 g/mol. The van der Waals surface area contributed by atoms with Gasteiger partial charge in [0.1, 0.15) is 0 Å². The van der Waals surface area contributed by atoms with E-state index in [1.807, 2.05) is 0 Å². The second-order valence-corrected chi connectivity index (χ2v) is 8.56. The molecule has 1 saturated carbocycles. The van der Waals surface area contributed by atoms with Crippen LogP contribution in [0.2, 0.25) is 0 Å². The van der Waals surface area contributed by atoms with Gasteiger partial charge in [-0.25, -0.2) is 0 Å². The summed E-state index contributed by atoms with van der Waals surface area (Å²) in [5.74, 6) is 1.91. The van der Waals surface area contributed by atoms with Crippen LogP contribution in [0.3, 0.4) is 0 Å². The molecule has 0 saturated heterocycles. The molecule has 0 heteroatoms. The molecule has 0 N–H and O–H groups in total. The van der Waals surface area contributed by atoms with Crippen molar-refractivity contribution >= 4 is 0 Å². The topological polar surface area (TPSA) is 0 Å². The highest BCUT2D eigenvalue weighted by molar-refractivity contribution is 4.89. The summed E-state index contributed by atoms with van der Waals surface area (Å²) in [6, 6.07) is 0. The van der Waals surface area contributed by atoms with Gasteiger partial charge in [-0.05, 0) is 61.2 Å². The lowest BCUT2D eigenvalue weighted by atomic mass is 9.69. The Morgan fingerprint density at radius 3 is 1.83 bits per heavy atom. The van der Waals surface area contributed by atoms with Crippen molar-refractivity contribution in [2.45, 2.75) is 80.1 Å². The van der Waals surface area contributed by atoms with Crippen LogP contribution in [0.1, 0.15) is 80.1 Å². The fourth-order valence-electron chi connectivity index (χ4n) is 2.99. The number of allylic oxidation sites excluding steroid dienone is 2. The summed E-state index contributed by atoms with van der Waals surface area (Å²) in [5, 5.41) is 0. The van der Waals surface area contributed by atoms with Crippen molar-refractivity contribution < 1.29 is 0 Å². The zero-order valence-electron chi connectivity index (χ0n) is 13.6. The van der Waals surface area contributed by atoms with Crippen LogP contribution in [0.15, 0.2) is 12.2 Å². The summed E-state index contributed by atoms with van der Waals surface area (Å²) in [7, 11) is 0. The highest BCUT2D eigenvalue weighted by Gasteiger charge is 2.29. The molecule has 0 aromatic carbocycles. The van der Waals surface area contributed by atoms with Crippen molar-refractivity contribution in [1.29, 1.82) is 0 Å². The van der Waals surface area contributed by atoms with Gasteiger partial charge in [-0.3, -0.25) is 0 Å². The van der Waals surface area contributed by atoms with Gasteiger partial charge in [0.05, 0.1) is 0 Å². The zero-order chi connectivity index (χ0) is 13.8. The average Bonchev–Trinajstić information content (AvgIpc) is 2.22. The summed E-state index contributed by atoms with van der Waals surface area (Å²) in [4.78, 5) is 0. The van der Waals surface area contributed by atoms with E-state index in [1.165, 1.54) is 38.5 Å². The largest absolute Gasteiger partial charge is 0.0882 e. The predicted molar refractivity (Wildman–Crippen MR) is 82.7 cm³/mol. The van der Waals surface area contributed by atoms with Crippen LogP contribution >= 0.6 is 0 Å². The van der Waals surface area contributed by atoms with E-state index in [9.17, 15) is 0 Å². The van der Waals surface area contributed by atoms with Gasteiger partial charge in [0, 0.05) is 0 Å². The van der Waals surface area contributed by atoms with Crippen molar-refractivity contribution in [3.8, 4) is 0 Å². The molecular weight excluding hydrogens is 216 g/mol. The van der Waals surface area contributed by atoms with Gasteiger partial charge in [-0.1, -0.05) is 53.7 Å². The first-order chi connectivity index (χ1) is 8.18. The second-order valence-electron chi connectivity index (χ2n) is 8.56. The SMILES string of the molecule is CC(C)(C)C/C=C\CC1CCC(C(C)(C)C)CC1. The van der Waals surface area contributed by atoms with E-state index in [0.29, 0.717) is 10.8 Å².